The van der Waals surface area contributed by atoms with Gasteiger partial charge in [-0.15, -0.1) is 11.3 Å². The summed E-state index contributed by atoms with van der Waals surface area (Å²) in [5, 5.41) is 12.8. The van der Waals surface area contributed by atoms with Crippen molar-refractivity contribution in [2.75, 3.05) is 51.5 Å². The summed E-state index contributed by atoms with van der Waals surface area (Å²) < 4.78 is 54.1. The molecule has 5 aliphatic heterocycles. The van der Waals surface area contributed by atoms with E-state index in [1.807, 2.05) is 48.5 Å². The van der Waals surface area contributed by atoms with Crippen molar-refractivity contribution in [3.8, 4) is 23.0 Å². The summed E-state index contributed by atoms with van der Waals surface area (Å²) in [5.74, 6) is -1.86. The fourth-order valence-corrected chi connectivity index (χ4v) is 12.5. The summed E-state index contributed by atoms with van der Waals surface area (Å²) >= 11 is 6.18. The van der Waals surface area contributed by atoms with Crippen LogP contribution >= 0.6 is 22.9 Å². The van der Waals surface area contributed by atoms with Crippen LogP contribution in [0.1, 0.15) is 102 Å². The Balaban J connectivity index is 0.963. The molecule has 0 saturated carbocycles. The second kappa shape index (κ2) is 24.4. The van der Waals surface area contributed by atoms with Gasteiger partial charge in [-0.2, -0.15) is 0 Å². The van der Waals surface area contributed by atoms with Gasteiger partial charge in [0.1, 0.15) is 59.6 Å². The van der Waals surface area contributed by atoms with Gasteiger partial charge in [-0.3, -0.25) is 24.6 Å². The van der Waals surface area contributed by atoms with Gasteiger partial charge in [-0.05, 0) is 114 Å². The van der Waals surface area contributed by atoms with E-state index in [0.717, 1.165) is 27.4 Å². The van der Waals surface area contributed by atoms with E-state index < -0.39 is 80.5 Å². The SMILES string of the molecule is BOC(=O)C1=C(C[N+]23CCC(NC(=O)c4ccc(OCc5ccc(OC)cc5)c(OCc5ccc(OC)cc5)c4Cl)(CC2)CC3)C[S+]([O-])[C@@H]2[C@H](NC(=O)/C(=N\OC(C)(C)C(=O)OC(C)(C)C)c3csc(NC(=O)OC(C)(C)C)n3)C(=O)N12. The number of carbonyl (C=O) groups is 6. The number of hydrogen-bond donors (Lipinski definition) is 3. The molecule has 1 unspecified atom stereocenters. The molecule has 4 amide bonds. The first-order chi connectivity index (χ1) is 38.6. The molecule has 9 rings (SSSR count). The Morgan fingerprint density at radius 1 is 0.866 bits per heavy atom. The zero-order valence-corrected chi connectivity index (χ0v) is 50.1. The van der Waals surface area contributed by atoms with Crippen LogP contribution < -0.4 is 34.9 Å². The van der Waals surface area contributed by atoms with Gasteiger partial charge in [0.15, 0.2) is 28.4 Å². The molecule has 82 heavy (non-hydrogen) atoms. The van der Waals surface area contributed by atoms with Crippen molar-refractivity contribution in [1.82, 2.24) is 20.5 Å². The molecule has 5 aliphatic rings. The van der Waals surface area contributed by atoms with Crippen LogP contribution in [0, 0.1) is 0 Å². The third kappa shape index (κ3) is 14.0. The lowest BCUT2D eigenvalue weighted by atomic mass is 9.77. The van der Waals surface area contributed by atoms with Crippen LogP contribution in [0.3, 0.4) is 0 Å². The van der Waals surface area contributed by atoms with Crippen molar-refractivity contribution >= 4 is 88.8 Å². The number of carbonyl (C=O) groups excluding carboxylic acids is 6. The van der Waals surface area contributed by atoms with E-state index in [2.05, 4.69) is 26.1 Å². The standard InChI is InChI=1S/C56H67BClN7O15S2/c1-53(2,3)77-50(70)55(7,8)80-63-41(38-30-81-51(59-38)61-52(71)78-54(4,5)6)46(67)60-42-47(68)64-43(49(69)79-57)34(31-82(72)48(42)64)27-65-24-21-56(22-25-65,23-26-65)62-45(66)37-19-20-39(75-28-32-11-15-35(73-9)16-12-32)44(40(37)58)76-29-33-13-17-36(74-10)18-14-33/h11-20,30,42,48H,21-29,31,57H2,1-10H3,(H2-,59,60,61,62,66,67,71)/p+1/b63-41-/t42-,48-,56?,65?,82?/m1/s1. The molecular weight excluding hydrogens is 1120 g/mol. The Kier molecular flexibility index (Phi) is 18.2. The van der Waals surface area contributed by atoms with Crippen molar-refractivity contribution in [3.63, 3.8) is 0 Å². The van der Waals surface area contributed by atoms with Crippen LogP contribution in [0.25, 0.3) is 0 Å². The molecule has 3 aromatic carbocycles. The molecule has 2 bridgehead atoms. The second-order valence-corrected chi connectivity index (χ2v) is 25.7. The molecule has 4 aromatic rings. The topological polar surface area (TPSA) is 264 Å². The van der Waals surface area contributed by atoms with E-state index >= 15 is 0 Å². The summed E-state index contributed by atoms with van der Waals surface area (Å²) in [4.78, 5) is 93.4. The molecule has 4 saturated heterocycles. The first kappa shape index (κ1) is 61.0. The van der Waals surface area contributed by atoms with Crippen LogP contribution in [-0.2, 0) is 62.5 Å². The number of benzene rings is 3. The number of thiazole rings is 1. The number of esters is 1. The van der Waals surface area contributed by atoms with E-state index in [-0.39, 0.29) is 64.3 Å². The number of ether oxygens (including phenoxy) is 6. The number of piperidine rings is 3. The number of halogens is 1. The predicted octanol–water partition coefficient (Wildman–Crippen LogP) is 6.10. The maximum atomic E-state index is 14.4. The number of methoxy groups -OCH3 is 2. The number of anilines is 1. The van der Waals surface area contributed by atoms with Gasteiger partial charge >= 0.3 is 26.1 Å². The lowest BCUT2D eigenvalue weighted by molar-refractivity contribution is -0.938. The molecule has 3 N–H and O–H groups in total. The van der Waals surface area contributed by atoms with Crippen LogP contribution in [0.4, 0.5) is 9.93 Å². The Morgan fingerprint density at radius 2 is 1.45 bits per heavy atom. The summed E-state index contributed by atoms with van der Waals surface area (Å²) in [6.45, 7) is 15.2. The molecule has 3 atom stereocenters. The van der Waals surface area contributed by atoms with Gasteiger partial charge in [0, 0.05) is 24.6 Å². The monoisotopic (exact) mass is 1190 g/mol. The molecule has 4 fully saturated rings. The largest absolute Gasteiger partial charge is 0.614 e. The number of rotatable bonds is 20. The number of β-lactam (4-membered cyclic amide) rings is 1. The van der Waals surface area contributed by atoms with Crippen LogP contribution in [0.5, 0.6) is 23.0 Å². The molecule has 22 nitrogen and oxygen atoms in total. The maximum Gasteiger partial charge on any atom is 0.413 e. The number of fused-ring (bicyclic) bond motifs is 4. The Morgan fingerprint density at radius 3 is 2.01 bits per heavy atom. The zero-order valence-electron chi connectivity index (χ0n) is 47.7. The van der Waals surface area contributed by atoms with Gasteiger partial charge in [0.25, 0.3) is 17.7 Å². The van der Waals surface area contributed by atoms with Crippen molar-refractivity contribution in [2.24, 2.45) is 5.16 Å². The van der Waals surface area contributed by atoms with Crippen molar-refractivity contribution < 1.29 is 75.7 Å². The Bertz CT molecular complexity index is 3140. The molecule has 0 aliphatic carbocycles. The number of nitrogens with zero attached hydrogens (tertiary/aromatic N) is 4. The molecule has 438 valence electrons. The van der Waals surface area contributed by atoms with Crippen molar-refractivity contribution in [3.05, 3.63) is 105 Å². The lowest BCUT2D eigenvalue weighted by Crippen LogP contribution is -2.76. The highest BCUT2D eigenvalue weighted by Crippen LogP contribution is 2.44. The number of nitrogens with one attached hydrogen (secondary N) is 3. The molecule has 1 aromatic heterocycles. The van der Waals surface area contributed by atoms with Gasteiger partial charge in [0.2, 0.25) is 11.0 Å². The highest BCUT2D eigenvalue weighted by molar-refractivity contribution is 7.92. The highest BCUT2D eigenvalue weighted by atomic mass is 35.5. The van der Waals surface area contributed by atoms with Crippen LogP contribution in [-0.4, -0.2) is 148 Å². The summed E-state index contributed by atoms with van der Waals surface area (Å²) in [6, 6.07) is 16.7. The Hall–Kier alpha value is -7.06. The number of quaternary nitrogens is 1. The number of aromatic nitrogens is 1. The predicted molar refractivity (Wildman–Crippen MR) is 307 cm³/mol. The van der Waals surface area contributed by atoms with E-state index in [1.54, 1.807) is 67.9 Å². The van der Waals surface area contributed by atoms with Gasteiger partial charge in [-0.25, -0.2) is 19.4 Å². The molecule has 26 heteroatoms. The van der Waals surface area contributed by atoms with E-state index in [0.29, 0.717) is 66.2 Å². The molecule has 0 spiro atoms. The van der Waals surface area contributed by atoms with Crippen molar-refractivity contribution in [1.29, 1.82) is 0 Å². The third-order valence-electron chi connectivity index (χ3n) is 14.2. The molecular formula is C56H68BClN7O15S2+. The van der Waals surface area contributed by atoms with E-state index in [1.165, 1.54) is 27.3 Å². The quantitative estimate of drug-likeness (QED) is 0.0172. The Labute approximate surface area is 488 Å². The van der Waals surface area contributed by atoms with Crippen molar-refractivity contribution in [2.45, 2.75) is 122 Å². The normalized spacial score (nSPS) is 21.5. The fraction of sp³-hybridized carbons (Fsp3) is 0.464. The smallest absolute Gasteiger partial charge is 0.413 e. The average molecular weight is 1190 g/mol. The van der Waals surface area contributed by atoms with Gasteiger partial charge < -0.3 is 57.6 Å². The summed E-state index contributed by atoms with van der Waals surface area (Å²) in [5.41, 5.74) is -2.28. The highest BCUT2D eigenvalue weighted by Gasteiger charge is 2.62. The third-order valence-corrected chi connectivity index (χ3v) is 17.0. The molecule has 6 heterocycles. The minimum atomic E-state index is -1.84. The minimum absolute atomic E-state index is 0.0292. The first-order valence-corrected chi connectivity index (χ1v) is 29.1. The van der Waals surface area contributed by atoms with Gasteiger partial charge in [-0.1, -0.05) is 41.0 Å². The van der Waals surface area contributed by atoms with E-state index in [4.69, 9.17) is 49.5 Å². The lowest BCUT2D eigenvalue weighted by Gasteiger charge is -2.56. The second-order valence-electron chi connectivity index (χ2n) is 22.9. The summed E-state index contributed by atoms with van der Waals surface area (Å²) in [6.07, 6.45) is 0.910. The zero-order chi connectivity index (χ0) is 59.5. The summed E-state index contributed by atoms with van der Waals surface area (Å²) in [7, 11) is 4.37. The van der Waals surface area contributed by atoms with E-state index in [9.17, 15) is 33.3 Å². The molecule has 0 radical (unpaired) electrons. The van der Waals surface area contributed by atoms with Gasteiger partial charge in [0.05, 0.1) is 55.6 Å². The van der Waals surface area contributed by atoms with Crippen LogP contribution in [0.2, 0.25) is 5.02 Å². The van der Waals surface area contributed by atoms with Crippen LogP contribution in [0.15, 0.2) is 82.5 Å². The maximum absolute atomic E-state index is 14.4. The number of hydrogen-bond acceptors (Lipinski definition) is 18. The number of amides is 4. The average Bonchev–Trinajstić information content (AvgIpc) is 1.94. The fourth-order valence-electron chi connectivity index (χ4n) is 9.83. The minimum Gasteiger partial charge on any atom is -0.614 e. The number of oxime groups is 1. The first-order valence-electron chi connectivity index (χ1n) is 26.4.